The molecule has 0 spiro atoms. The minimum absolute atomic E-state index is 0.140. The van der Waals surface area contributed by atoms with E-state index < -0.39 is 10.9 Å². The molecule has 0 aliphatic rings. The van der Waals surface area contributed by atoms with Crippen molar-refractivity contribution in [1.29, 1.82) is 0 Å². The Labute approximate surface area is 124 Å². The summed E-state index contributed by atoms with van der Waals surface area (Å²) in [5.41, 5.74) is 1.31. The Hall–Kier alpha value is -2.67. The summed E-state index contributed by atoms with van der Waals surface area (Å²) >= 11 is 5.94. The molecule has 1 aromatic carbocycles. The summed E-state index contributed by atoms with van der Waals surface area (Å²) in [6.45, 7) is 1.72. The highest BCUT2D eigenvalue weighted by atomic mass is 35.5. The fourth-order valence-electron chi connectivity index (χ4n) is 1.72. The third-order valence-corrected chi connectivity index (χ3v) is 3.08. The van der Waals surface area contributed by atoms with Crippen LogP contribution < -0.4 is 0 Å². The number of aliphatic carboxylic acids is 1. The Kier molecular flexibility index (Phi) is 4.04. The molecule has 2 rings (SSSR count). The normalized spacial score (nSPS) is 11.0. The summed E-state index contributed by atoms with van der Waals surface area (Å²) in [7, 11) is 0. The van der Waals surface area contributed by atoms with Crippen molar-refractivity contribution in [2.45, 2.75) is 6.92 Å². The largest absolute Gasteiger partial charge is 0.478 e. The molecule has 108 valence electrons. The number of benzene rings is 1. The number of hydrogen-bond acceptors (Lipinski definition) is 4. The molecule has 2 aromatic rings. The van der Waals surface area contributed by atoms with Crippen molar-refractivity contribution in [3.05, 3.63) is 56.9 Å². The van der Waals surface area contributed by atoms with Crippen LogP contribution in [0.3, 0.4) is 0 Å². The van der Waals surface area contributed by atoms with Crippen LogP contribution in [0.15, 0.2) is 30.5 Å². The Morgan fingerprint density at radius 3 is 2.76 bits per heavy atom. The summed E-state index contributed by atoms with van der Waals surface area (Å²) in [5.74, 6) is -1.15. The van der Waals surface area contributed by atoms with E-state index in [1.807, 2.05) is 0 Å². The fraction of sp³-hybridized carbons (Fsp3) is 0.0769. The molecule has 0 fully saturated rings. The summed E-state index contributed by atoms with van der Waals surface area (Å²) in [4.78, 5) is 20.9. The van der Waals surface area contributed by atoms with Crippen LogP contribution in [0.2, 0.25) is 5.02 Å². The first-order valence-electron chi connectivity index (χ1n) is 5.80. The number of nitrogens with zero attached hydrogens (tertiary/aromatic N) is 3. The van der Waals surface area contributed by atoms with Crippen molar-refractivity contribution in [3.63, 3.8) is 0 Å². The van der Waals surface area contributed by atoms with Crippen LogP contribution in [0.4, 0.5) is 5.69 Å². The number of carbonyl (C=O) groups is 1. The summed E-state index contributed by atoms with van der Waals surface area (Å²) < 4.78 is 1.45. The zero-order valence-electron chi connectivity index (χ0n) is 10.9. The predicted octanol–water partition coefficient (Wildman–Crippen LogP) is 2.84. The Morgan fingerprint density at radius 2 is 2.24 bits per heavy atom. The maximum absolute atomic E-state index is 10.8. The molecule has 8 heteroatoms. The Morgan fingerprint density at radius 1 is 1.52 bits per heavy atom. The number of carboxylic acid groups (broad SMARTS) is 1. The van der Waals surface area contributed by atoms with Crippen LogP contribution in [0.1, 0.15) is 11.3 Å². The van der Waals surface area contributed by atoms with E-state index in [9.17, 15) is 14.9 Å². The van der Waals surface area contributed by atoms with Crippen LogP contribution >= 0.6 is 11.6 Å². The molecule has 0 atom stereocenters. The van der Waals surface area contributed by atoms with Gasteiger partial charge in [-0.3, -0.25) is 10.1 Å². The van der Waals surface area contributed by atoms with E-state index in [0.29, 0.717) is 22.0 Å². The lowest BCUT2D eigenvalue weighted by atomic mass is 10.1. The average molecular weight is 308 g/mol. The molecule has 0 bridgehead atoms. The van der Waals surface area contributed by atoms with Gasteiger partial charge in [-0.05, 0) is 19.1 Å². The van der Waals surface area contributed by atoms with Gasteiger partial charge >= 0.3 is 5.97 Å². The highest BCUT2D eigenvalue weighted by Crippen LogP contribution is 2.24. The Bertz CT molecular complexity index is 732. The van der Waals surface area contributed by atoms with Crippen molar-refractivity contribution in [2.75, 3.05) is 0 Å². The standard InChI is InChI=1S/C13H10ClN3O4/c1-8-11(14)7-16(15-8)12-4-3-10(17(20)21)6-9(12)2-5-13(18)19/h2-7H,1H3,(H,18,19). The first-order chi connectivity index (χ1) is 9.88. The lowest BCUT2D eigenvalue weighted by molar-refractivity contribution is -0.384. The third kappa shape index (κ3) is 3.26. The predicted molar refractivity (Wildman–Crippen MR) is 76.6 cm³/mol. The van der Waals surface area contributed by atoms with Gasteiger partial charge in [-0.2, -0.15) is 5.10 Å². The maximum Gasteiger partial charge on any atom is 0.328 e. The number of nitro benzene ring substituents is 1. The number of rotatable bonds is 4. The molecule has 1 heterocycles. The molecule has 0 amide bonds. The second-order valence-corrected chi connectivity index (χ2v) is 4.59. The van der Waals surface area contributed by atoms with Crippen molar-refractivity contribution in [3.8, 4) is 5.69 Å². The highest BCUT2D eigenvalue weighted by Gasteiger charge is 2.12. The van der Waals surface area contributed by atoms with Gasteiger partial charge < -0.3 is 5.11 Å². The van der Waals surface area contributed by atoms with Gasteiger partial charge in [-0.1, -0.05) is 11.6 Å². The highest BCUT2D eigenvalue weighted by molar-refractivity contribution is 6.31. The van der Waals surface area contributed by atoms with Crippen LogP contribution in [0.25, 0.3) is 11.8 Å². The molecule has 7 nitrogen and oxygen atoms in total. The van der Waals surface area contributed by atoms with E-state index in [1.165, 1.54) is 29.0 Å². The first-order valence-corrected chi connectivity index (χ1v) is 6.18. The molecule has 1 aromatic heterocycles. The first kappa shape index (κ1) is 14.7. The molecular weight excluding hydrogens is 298 g/mol. The minimum atomic E-state index is -1.15. The zero-order chi connectivity index (χ0) is 15.6. The van der Waals surface area contributed by atoms with Gasteiger partial charge in [0.2, 0.25) is 0 Å². The van der Waals surface area contributed by atoms with Crippen LogP contribution in [0.5, 0.6) is 0 Å². The van der Waals surface area contributed by atoms with Crippen molar-refractivity contribution in [2.24, 2.45) is 0 Å². The van der Waals surface area contributed by atoms with E-state index in [-0.39, 0.29) is 5.69 Å². The van der Waals surface area contributed by atoms with Gasteiger partial charge in [-0.25, -0.2) is 9.48 Å². The topological polar surface area (TPSA) is 98.3 Å². The number of carboxylic acids is 1. The van der Waals surface area contributed by atoms with Gasteiger partial charge in [0.25, 0.3) is 5.69 Å². The monoisotopic (exact) mass is 307 g/mol. The number of non-ortho nitro benzene ring substituents is 1. The van der Waals surface area contributed by atoms with Gasteiger partial charge in [0.15, 0.2) is 0 Å². The molecule has 0 unspecified atom stereocenters. The number of hydrogen-bond donors (Lipinski definition) is 1. The molecule has 0 aliphatic carbocycles. The number of aryl methyl sites for hydroxylation is 1. The van der Waals surface area contributed by atoms with Crippen LogP contribution in [-0.2, 0) is 4.79 Å². The molecular formula is C13H10ClN3O4. The second-order valence-electron chi connectivity index (χ2n) is 4.18. The van der Waals surface area contributed by atoms with E-state index in [2.05, 4.69) is 5.10 Å². The van der Waals surface area contributed by atoms with E-state index in [1.54, 1.807) is 13.1 Å². The van der Waals surface area contributed by atoms with Gasteiger partial charge in [0.05, 0.1) is 21.3 Å². The van der Waals surface area contributed by atoms with Crippen molar-refractivity contribution in [1.82, 2.24) is 9.78 Å². The van der Waals surface area contributed by atoms with E-state index in [0.717, 1.165) is 6.08 Å². The fourth-order valence-corrected chi connectivity index (χ4v) is 1.85. The van der Waals surface area contributed by atoms with Crippen molar-refractivity contribution < 1.29 is 14.8 Å². The smallest absolute Gasteiger partial charge is 0.328 e. The summed E-state index contributed by atoms with van der Waals surface area (Å²) in [6.07, 6.45) is 3.73. The minimum Gasteiger partial charge on any atom is -0.478 e. The van der Waals surface area contributed by atoms with Crippen molar-refractivity contribution >= 4 is 29.3 Å². The quantitative estimate of drug-likeness (QED) is 0.532. The SMILES string of the molecule is Cc1nn(-c2ccc([N+](=O)[O-])cc2C=CC(=O)O)cc1Cl. The summed E-state index contributed by atoms with van der Waals surface area (Å²) in [6, 6.07) is 4.08. The van der Waals surface area contributed by atoms with Crippen LogP contribution in [0, 0.1) is 17.0 Å². The second kappa shape index (κ2) is 5.76. The lowest BCUT2D eigenvalue weighted by Gasteiger charge is -2.06. The number of halogens is 1. The summed E-state index contributed by atoms with van der Waals surface area (Å²) in [5, 5.41) is 24.1. The Balaban J connectivity index is 2.58. The average Bonchev–Trinajstić information content (AvgIpc) is 2.75. The lowest BCUT2D eigenvalue weighted by Crippen LogP contribution is -2.00. The maximum atomic E-state index is 10.8. The number of nitro groups is 1. The molecule has 0 saturated carbocycles. The van der Waals surface area contributed by atoms with E-state index in [4.69, 9.17) is 16.7 Å². The van der Waals surface area contributed by atoms with Gasteiger partial charge in [0.1, 0.15) is 0 Å². The third-order valence-electron chi connectivity index (χ3n) is 2.71. The van der Waals surface area contributed by atoms with Gasteiger partial charge in [-0.15, -0.1) is 0 Å². The molecule has 0 radical (unpaired) electrons. The van der Waals surface area contributed by atoms with Gasteiger partial charge in [0, 0.05) is 30.0 Å². The molecule has 0 aliphatic heterocycles. The van der Waals surface area contributed by atoms with Crippen LogP contribution in [-0.4, -0.2) is 25.8 Å². The molecule has 0 saturated heterocycles. The molecule has 21 heavy (non-hydrogen) atoms. The zero-order valence-corrected chi connectivity index (χ0v) is 11.6. The van der Waals surface area contributed by atoms with E-state index >= 15 is 0 Å². The number of aromatic nitrogens is 2. The molecule has 1 N–H and O–H groups in total.